The van der Waals surface area contributed by atoms with Gasteiger partial charge in [-0.25, -0.2) is 13.8 Å². The number of rotatable bonds is 2. The van der Waals surface area contributed by atoms with Crippen LogP contribution in [0.2, 0.25) is 0 Å². The maximum absolute atomic E-state index is 13.8. The Kier molecular flexibility index (Phi) is 3.57. The first-order valence-corrected chi connectivity index (χ1v) is 6.28. The van der Waals surface area contributed by atoms with Gasteiger partial charge in [-0.05, 0) is 34.5 Å². The third-order valence-electron chi connectivity index (χ3n) is 2.69. The lowest BCUT2D eigenvalue weighted by atomic mass is 10.2. The smallest absolute Gasteiger partial charge is 0.335 e. The molecule has 100 valence electrons. The van der Waals surface area contributed by atoms with Crippen molar-refractivity contribution in [2.75, 3.05) is 0 Å². The van der Waals surface area contributed by atoms with E-state index in [9.17, 15) is 19.1 Å². The highest BCUT2D eigenvalue weighted by atomic mass is 79.9. The summed E-state index contributed by atoms with van der Waals surface area (Å²) >= 11 is 3.11. The second kappa shape index (κ2) is 5.00. The van der Waals surface area contributed by atoms with Gasteiger partial charge in [0.15, 0.2) is 0 Å². The summed E-state index contributed by atoms with van der Waals surface area (Å²) in [4.78, 5) is 25.4. The molecule has 1 aromatic heterocycles. The van der Waals surface area contributed by atoms with E-state index in [1.807, 2.05) is 0 Å². The van der Waals surface area contributed by atoms with Crippen LogP contribution in [0.4, 0.5) is 4.39 Å². The molecule has 19 heavy (non-hydrogen) atoms. The highest BCUT2D eigenvalue weighted by Gasteiger charge is 2.18. The van der Waals surface area contributed by atoms with Crippen LogP contribution in [-0.4, -0.2) is 14.7 Å². The Balaban J connectivity index is 2.91. The Morgan fingerprint density at radius 1 is 1.42 bits per heavy atom. The Morgan fingerprint density at radius 3 is 2.68 bits per heavy atom. The van der Waals surface area contributed by atoms with Gasteiger partial charge in [-0.3, -0.25) is 9.78 Å². The zero-order chi connectivity index (χ0) is 14.2. The van der Waals surface area contributed by atoms with Crippen molar-refractivity contribution < 1.29 is 9.50 Å². The number of aromatic amines is 1. The number of nitrogens with one attached hydrogen (secondary N) is 1. The summed E-state index contributed by atoms with van der Waals surface area (Å²) in [6.07, 6.45) is 0.216. The first kappa shape index (κ1) is 13.5. The predicted octanol–water partition coefficient (Wildman–Crippen LogP) is 1.70. The Labute approximate surface area is 115 Å². The van der Waals surface area contributed by atoms with Crippen molar-refractivity contribution in [2.24, 2.45) is 0 Å². The van der Waals surface area contributed by atoms with E-state index in [0.29, 0.717) is 4.47 Å². The van der Waals surface area contributed by atoms with Crippen LogP contribution in [-0.2, 0) is 6.42 Å². The van der Waals surface area contributed by atoms with Crippen molar-refractivity contribution in [3.8, 4) is 11.6 Å². The molecule has 5 nitrogen and oxygen atoms in total. The fraction of sp³-hybridized carbons (Fsp3) is 0.167. The Hall–Kier alpha value is -1.89. The van der Waals surface area contributed by atoms with Crippen molar-refractivity contribution in [1.29, 1.82) is 0 Å². The van der Waals surface area contributed by atoms with Gasteiger partial charge >= 0.3 is 5.69 Å². The molecular formula is C12H10BrFN2O3. The fourth-order valence-corrected chi connectivity index (χ4v) is 2.31. The van der Waals surface area contributed by atoms with E-state index in [1.54, 1.807) is 6.92 Å². The number of para-hydroxylation sites is 1. The molecule has 0 radical (unpaired) electrons. The third-order valence-corrected chi connectivity index (χ3v) is 3.33. The standard InChI is InChI=1S/C12H10BrFN2O3/c1-2-6-10(17)15-12(19)16(11(6)18)9-7(13)4-3-5-8(9)14/h3-5,18H,2H2,1H3,(H,15,17,19). The second-order valence-electron chi connectivity index (χ2n) is 3.82. The molecule has 0 aliphatic heterocycles. The normalized spacial score (nSPS) is 10.7. The molecule has 1 aromatic carbocycles. The van der Waals surface area contributed by atoms with Crippen LogP contribution in [0.15, 0.2) is 32.3 Å². The topological polar surface area (TPSA) is 75.1 Å². The van der Waals surface area contributed by atoms with Crippen molar-refractivity contribution in [3.63, 3.8) is 0 Å². The lowest BCUT2D eigenvalue weighted by Crippen LogP contribution is -2.31. The highest BCUT2D eigenvalue weighted by molar-refractivity contribution is 9.10. The Morgan fingerprint density at radius 2 is 2.11 bits per heavy atom. The van der Waals surface area contributed by atoms with E-state index in [-0.39, 0.29) is 17.7 Å². The van der Waals surface area contributed by atoms with E-state index < -0.39 is 22.9 Å². The quantitative estimate of drug-likeness (QED) is 0.881. The summed E-state index contributed by atoms with van der Waals surface area (Å²) in [5.41, 5.74) is -1.69. The van der Waals surface area contributed by atoms with Gasteiger partial charge in [0.05, 0.1) is 5.56 Å². The number of hydrogen-bond acceptors (Lipinski definition) is 3. The molecule has 0 atom stereocenters. The Bertz CT molecular complexity index is 731. The van der Waals surface area contributed by atoms with Crippen LogP contribution >= 0.6 is 15.9 Å². The molecule has 2 rings (SSSR count). The van der Waals surface area contributed by atoms with E-state index in [4.69, 9.17) is 0 Å². The summed E-state index contributed by atoms with van der Waals surface area (Å²) < 4.78 is 14.9. The molecule has 0 amide bonds. The molecule has 0 spiro atoms. The molecule has 0 saturated carbocycles. The van der Waals surface area contributed by atoms with Gasteiger partial charge in [0, 0.05) is 4.47 Å². The van der Waals surface area contributed by atoms with Crippen LogP contribution in [0.25, 0.3) is 5.69 Å². The van der Waals surface area contributed by atoms with Crippen LogP contribution < -0.4 is 11.2 Å². The zero-order valence-electron chi connectivity index (χ0n) is 9.91. The number of H-pyrrole nitrogens is 1. The number of benzene rings is 1. The number of aromatic nitrogens is 2. The van der Waals surface area contributed by atoms with Crippen LogP contribution in [0.1, 0.15) is 12.5 Å². The zero-order valence-corrected chi connectivity index (χ0v) is 11.5. The summed E-state index contributed by atoms with van der Waals surface area (Å²) in [6.45, 7) is 1.65. The second-order valence-corrected chi connectivity index (χ2v) is 4.68. The van der Waals surface area contributed by atoms with E-state index >= 15 is 0 Å². The number of nitrogens with zero attached hydrogens (tertiary/aromatic N) is 1. The van der Waals surface area contributed by atoms with Gasteiger partial charge in [-0.15, -0.1) is 0 Å². The molecule has 1 heterocycles. The maximum Gasteiger partial charge on any atom is 0.335 e. The summed E-state index contributed by atoms with van der Waals surface area (Å²) in [5, 5.41) is 10.0. The largest absolute Gasteiger partial charge is 0.494 e. The monoisotopic (exact) mass is 328 g/mol. The average Bonchev–Trinajstić information content (AvgIpc) is 2.33. The van der Waals surface area contributed by atoms with Crippen molar-refractivity contribution in [2.45, 2.75) is 13.3 Å². The minimum absolute atomic E-state index is 0.0229. The molecule has 2 aromatic rings. The summed E-state index contributed by atoms with van der Waals surface area (Å²) in [5.74, 6) is -1.25. The third kappa shape index (κ3) is 2.21. The molecule has 0 aliphatic carbocycles. The molecule has 0 saturated heterocycles. The van der Waals surface area contributed by atoms with E-state index in [2.05, 4.69) is 20.9 Å². The average molecular weight is 329 g/mol. The predicted molar refractivity (Wildman–Crippen MR) is 71.4 cm³/mol. The minimum Gasteiger partial charge on any atom is -0.494 e. The first-order chi connectivity index (χ1) is 8.97. The van der Waals surface area contributed by atoms with Gasteiger partial charge in [0.25, 0.3) is 5.56 Å². The van der Waals surface area contributed by atoms with E-state index in [0.717, 1.165) is 10.6 Å². The van der Waals surface area contributed by atoms with Crippen LogP contribution in [0.5, 0.6) is 5.88 Å². The van der Waals surface area contributed by atoms with Crippen molar-refractivity contribution in [3.05, 3.63) is 54.9 Å². The highest BCUT2D eigenvalue weighted by Crippen LogP contribution is 2.26. The fourth-order valence-electron chi connectivity index (χ4n) is 1.79. The van der Waals surface area contributed by atoms with Gasteiger partial charge in [0.1, 0.15) is 11.5 Å². The number of halogens is 2. The SMILES string of the molecule is CCc1c(O)n(-c2c(F)cccc2Br)c(=O)[nH]c1=O. The van der Waals surface area contributed by atoms with Gasteiger partial charge < -0.3 is 5.11 Å². The number of hydrogen-bond donors (Lipinski definition) is 2. The lowest BCUT2D eigenvalue weighted by Gasteiger charge is -2.12. The van der Waals surface area contributed by atoms with Gasteiger partial charge in [-0.2, -0.15) is 0 Å². The lowest BCUT2D eigenvalue weighted by molar-refractivity contribution is 0.420. The molecule has 2 N–H and O–H groups in total. The van der Waals surface area contributed by atoms with Crippen LogP contribution in [0.3, 0.4) is 0 Å². The van der Waals surface area contributed by atoms with Crippen molar-refractivity contribution in [1.82, 2.24) is 9.55 Å². The van der Waals surface area contributed by atoms with Crippen molar-refractivity contribution >= 4 is 15.9 Å². The summed E-state index contributed by atoms with van der Waals surface area (Å²) in [6, 6.07) is 4.14. The minimum atomic E-state index is -0.898. The molecule has 7 heteroatoms. The molecular weight excluding hydrogens is 319 g/mol. The van der Waals surface area contributed by atoms with Gasteiger partial charge in [-0.1, -0.05) is 13.0 Å². The van der Waals surface area contributed by atoms with Gasteiger partial charge in [0.2, 0.25) is 5.88 Å². The maximum atomic E-state index is 13.8. The molecule has 0 fully saturated rings. The first-order valence-electron chi connectivity index (χ1n) is 5.49. The van der Waals surface area contributed by atoms with Crippen LogP contribution in [0, 0.1) is 5.82 Å². The van der Waals surface area contributed by atoms with E-state index in [1.165, 1.54) is 12.1 Å². The molecule has 0 bridgehead atoms. The summed E-state index contributed by atoms with van der Waals surface area (Å²) in [7, 11) is 0. The molecule has 0 aliphatic rings. The molecule has 0 unspecified atom stereocenters. The number of aromatic hydroxyl groups is 1.